The van der Waals surface area contributed by atoms with Crippen molar-refractivity contribution in [1.82, 2.24) is 14.5 Å². The lowest BCUT2D eigenvalue weighted by Gasteiger charge is -2.35. The minimum atomic E-state index is -5.05. The molecule has 0 aliphatic carbocycles. The first-order chi connectivity index (χ1) is 11.6. The molecule has 1 aliphatic heterocycles. The zero-order valence-corrected chi connectivity index (χ0v) is 13.2. The van der Waals surface area contributed by atoms with Crippen LogP contribution in [0.5, 0.6) is 0 Å². The summed E-state index contributed by atoms with van der Waals surface area (Å²) in [4.78, 5) is 17.3. The summed E-state index contributed by atoms with van der Waals surface area (Å²) in [6, 6.07) is 5.68. The molecule has 0 radical (unpaired) electrons. The number of aliphatic hydroxyl groups is 1. The maximum Gasteiger partial charge on any atom is 0.426 e. The summed E-state index contributed by atoms with van der Waals surface area (Å²) < 4.78 is 53.3. The van der Waals surface area contributed by atoms with Gasteiger partial charge in [-0.2, -0.15) is 13.2 Å². The predicted molar refractivity (Wildman–Crippen MR) is 79.7 cm³/mol. The minimum absolute atomic E-state index is 0.00260. The standard InChI is InChI=1S/C16H15F4N3O2/c1-15(25,16(18,19)20)14(24)22-6-7-23-12(9-22)8-21-13(23)10-2-4-11(17)5-3-10/h2-5,8,25H,6-7,9H2,1H3/t15-/m1/s1. The van der Waals surface area contributed by atoms with Crippen molar-refractivity contribution in [1.29, 1.82) is 0 Å². The first kappa shape index (κ1) is 17.4. The molecule has 2 aromatic rings. The van der Waals surface area contributed by atoms with E-state index in [9.17, 15) is 27.5 Å². The van der Waals surface area contributed by atoms with Crippen LogP contribution in [0.2, 0.25) is 0 Å². The van der Waals surface area contributed by atoms with Gasteiger partial charge in [-0.1, -0.05) is 0 Å². The van der Waals surface area contributed by atoms with Crippen molar-refractivity contribution >= 4 is 5.91 Å². The average Bonchev–Trinajstić information content (AvgIpc) is 2.97. The van der Waals surface area contributed by atoms with Crippen LogP contribution in [0.1, 0.15) is 12.6 Å². The number of fused-ring (bicyclic) bond motifs is 1. The number of carbonyl (C=O) groups excluding carboxylic acids is 1. The number of carbonyl (C=O) groups is 1. The van der Waals surface area contributed by atoms with Gasteiger partial charge in [0, 0.05) is 18.7 Å². The molecule has 1 aromatic carbocycles. The fourth-order valence-electron chi connectivity index (χ4n) is 2.71. The third-order valence-electron chi connectivity index (χ3n) is 4.24. The summed E-state index contributed by atoms with van der Waals surface area (Å²) in [5.74, 6) is -1.24. The molecule has 0 bridgehead atoms. The number of aromatic nitrogens is 2. The molecule has 3 rings (SSSR count). The molecule has 25 heavy (non-hydrogen) atoms. The Labute approximate surface area is 140 Å². The topological polar surface area (TPSA) is 58.4 Å². The molecule has 5 nitrogen and oxygen atoms in total. The normalized spacial score (nSPS) is 17.1. The molecule has 0 saturated heterocycles. The second kappa shape index (κ2) is 5.83. The monoisotopic (exact) mass is 357 g/mol. The summed E-state index contributed by atoms with van der Waals surface area (Å²) in [7, 11) is 0. The molecular formula is C16H15F4N3O2. The van der Waals surface area contributed by atoms with E-state index in [0.29, 0.717) is 24.0 Å². The first-order valence-corrected chi connectivity index (χ1v) is 7.50. The van der Waals surface area contributed by atoms with E-state index in [-0.39, 0.29) is 25.5 Å². The van der Waals surface area contributed by atoms with Gasteiger partial charge in [0.05, 0.1) is 18.4 Å². The number of imidazole rings is 1. The van der Waals surface area contributed by atoms with Crippen LogP contribution in [-0.4, -0.2) is 43.8 Å². The van der Waals surface area contributed by atoms with E-state index < -0.39 is 17.7 Å². The molecule has 1 aliphatic rings. The second-order valence-electron chi connectivity index (χ2n) is 6.03. The summed E-state index contributed by atoms with van der Waals surface area (Å²) in [5, 5.41) is 9.55. The van der Waals surface area contributed by atoms with E-state index in [4.69, 9.17) is 0 Å². The quantitative estimate of drug-likeness (QED) is 0.840. The van der Waals surface area contributed by atoms with Crippen LogP contribution in [0.3, 0.4) is 0 Å². The highest BCUT2D eigenvalue weighted by Gasteiger charge is 2.57. The van der Waals surface area contributed by atoms with Crippen molar-refractivity contribution < 1.29 is 27.5 Å². The van der Waals surface area contributed by atoms with Crippen molar-refractivity contribution in [2.45, 2.75) is 31.8 Å². The van der Waals surface area contributed by atoms with E-state index in [1.807, 2.05) is 0 Å². The Balaban J connectivity index is 1.84. The predicted octanol–water partition coefficient (Wildman–Crippen LogP) is 2.34. The van der Waals surface area contributed by atoms with Crippen LogP contribution in [0.4, 0.5) is 17.6 Å². The molecule has 1 N–H and O–H groups in total. The van der Waals surface area contributed by atoms with Gasteiger partial charge in [-0.15, -0.1) is 0 Å². The van der Waals surface area contributed by atoms with Gasteiger partial charge >= 0.3 is 6.18 Å². The molecular weight excluding hydrogens is 342 g/mol. The fourth-order valence-corrected chi connectivity index (χ4v) is 2.71. The van der Waals surface area contributed by atoms with Crippen molar-refractivity contribution in [3.63, 3.8) is 0 Å². The zero-order chi connectivity index (χ0) is 18.4. The SMILES string of the molecule is C[C@@](O)(C(=O)N1CCn2c(cnc2-c2ccc(F)cc2)C1)C(F)(F)F. The minimum Gasteiger partial charge on any atom is -0.373 e. The third-order valence-corrected chi connectivity index (χ3v) is 4.24. The van der Waals surface area contributed by atoms with Crippen LogP contribution in [-0.2, 0) is 17.9 Å². The third kappa shape index (κ3) is 2.99. The number of rotatable bonds is 2. The van der Waals surface area contributed by atoms with E-state index in [2.05, 4.69) is 4.98 Å². The van der Waals surface area contributed by atoms with Crippen LogP contribution < -0.4 is 0 Å². The second-order valence-corrected chi connectivity index (χ2v) is 6.03. The Bertz CT molecular complexity index is 797. The number of nitrogens with zero attached hydrogens (tertiary/aromatic N) is 3. The Morgan fingerprint density at radius 2 is 1.84 bits per heavy atom. The molecule has 0 unspecified atom stereocenters. The number of hydrogen-bond donors (Lipinski definition) is 1. The highest BCUT2D eigenvalue weighted by molar-refractivity contribution is 5.85. The van der Waals surface area contributed by atoms with Gasteiger partial charge < -0.3 is 14.6 Å². The van der Waals surface area contributed by atoms with Gasteiger partial charge in [0.15, 0.2) is 0 Å². The Morgan fingerprint density at radius 1 is 1.20 bits per heavy atom. The smallest absolute Gasteiger partial charge is 0.373 e. The molecule has 1 amide bonds. The highest BCUT2D eigenvalue weighted by Crippen LogP contribution is 2.33. The number of amides is 1. The van der Waals surface area contributed by atoms with Gasteiger partial charge in [-0.25, -0.2) is 9.37 Å². The van der Waals surface area contributed by atoms with Gasteiger partial charge in [-0.05, 0) is 31.2 Å². The van der Waals surface area contributed by atoms with Crippen molar-refractivity contribution in [2.24, 2.45) is 0 Å². The number of benzene rings is 1. The molecule has 1 atom stereocenters. The maximum atomic E-state index is 13.0. The molecule has 1 aromatic heterocycles. The number of halogens is 4. The average molecular weight is 357 g/mol. The van der Waals surface area contributed by atoms with Crippen molar-refractivity contribution in [3.8, 4) is 11.4 Å². The van der Waals surface area contributed by atoms with Gasteiger partial charge in [-0.3, -0.25) is 4.79 Å². The fraction of sp³-hybridized carbons (Fsp3) is 0.375. The van der Waals surface area contributed by atoms with Crippen molar-refractivity contribution in [2.75, 3.05) is 6.54 Å². The van der Waals surface area contributed by atoms with Crippen molar-refractivity contribution in [3.05, 3.63) is 42.0 Å². The van der Waals surface area contributed by atoms with E-state index >= 15 is 0 Å². The lowest BCUT2D eigenvalue weighted by Crippen LogP contribution is -2.57. The number of alkyl halides is 3. The van der Waals surface area contributed by atoms with Crippen LogP contribution in [0.25, 0.3) is 11.4 Å². The number of hydrogen-bond acceptors (Lipinski definition) is 3. The Hall–Kier alpha value is -2.42. The first-order valence-electron chi connectivity index (χ1n) is 7.50. The van der Waals surface area contributed by atoms with E-state index in [1.54, 1.807) is 16.7 Å². The highest BCUT2D eigenvalue weighted by atomic mass is 19.4. The lowest BCUT2D eigenvalue weighted by molar-refractivity contribution is -0.250. The molecule has 0 spiro atoms. The zero-order valence-electron chi connectivity index (χ0n) is 13.2. The van der Waals surface area contributed by atoms with Crippen LogP contribution >= 0.6 is 0 Å². The van der Waals surface area contributed by atoms with E-state index in [1.165, 1.54) is 18.3 Å². The van der Waals surface area contributed by atoms with Crippen LogP contribution in [0.15, 0.2) is 30.5 Å². The van der Waals surface area contributed by atoms with Gasteiger partial charge in [0.2, 0.25) is 5.60 Å². The molecule has 0 saturated carbocycles. The Kier molecular flexibility index (Phi) is 4.06. The molecule has 2 heterocycles. The summed E-state index contributed by atoms with van der Waals surface area (Å²) in [5.41, 5.74) is -2.23. The summed E-state index contributed by atoms with van der Waals surface area (Å²) in [6.07, 6.45) is -3.60. The van der Waals surface area contributed by atoms with Crippen LogP contribution in [0, 0.1) is 5.82 Å². The summed E-state index contributed by atoms with van der Waals surface area (Å²) in [6.45, 7) is 0.578. The Morgan fingerprint density at radius 3 is 2.44 bits per heavy atom. The van der Waals surface area contributed by atoms with Gasteiger partial charge in [0.25, 0.3) is 5.91 Å². The molecule has 0 fully saturated rings. The lowest BCUT2D eigenvalue weighted by atomic mass is 10.0. The van der Waals surface area contributed by atoms with Gasteiger partial charge in [0.1, 0.15) is 11.6 Å². The molecule has 9 heteroatoms. The maximum absolute atomic E-state index is 13.0. The molecule has 134 valence electrons. The summed E-state index contributed by atoms with van der Waals surface area (Å²) >= 11 is 0. The largest absolute Gasteiger partial charge is 0.426 e. The van der Waals surface area contributed by atoms with E-state index in [0.717, 1.165) is 4.90 Å².